The van der Waals surface area contributed by atoms with E-state index in [4.69, 9.17) is 18.9 Å². The lowest BCUT2D eigenvalue weighted by molar-refractivity contribution is 0.414. The van der Waals surface area contributed by atoms with Crippen molar-refractivity contribution in [3.63, 3.8) is 0 Å². The highest BCUT2D eigenvalue weighted by Crippen LogP contribution is 2.28. The highest BCUT2D eigenvalue weighted by atomic mass is 79.9. The number of pyridine rings is 2. The molecule has 0 bridgehead atoms. The molecule has 282 valence electrons. The number of hydrogen-bond acceptors (Lipinski definition) is 9. The van der Waals surface area contributed by atoms with E-state index in [1.165, 1.54) is 11.1 Å². The molecule has 0 aliphatic carbocycles. The van der Waals surface area contributed by atoms with Crippen LogP contribution in [-0.4, -0.2) is 38.4 Å². The zero-order valence-electron chi connectivity index (χ0n) is 30.9. The van der Waals surface area contributed by atoms with E-state index in [1.807, 2.05) is 91.0 Å². The number of anilines is 2. The third-order valence-electron chi connectivity index (χ3n) is 8.50. The van der Waals surface area contributed by atoms with Crippen molar-refractivity contribution in [1.29, 1.82) is 5.26 Å². The average Bonchev–Trinajstić information content (AvgIpc) is 3.21. The van der Waals surface area contributed by atoms with Crippen LogP contribution in [0.5, 0.6) is 23.0 Å². The molecule has 0 fully saturated rings. The number of nitriles is 1. The number of rotatable bonds is 14. The van der Waals surface area contributed by atoms with Crippen LogP contribution in [0.4, 0.5) is 11.4 Å². The molecule has 2 aromatic heterocycles. The summed E-state index contributed by atoms with van der Waals surface area (Å²) >= 11 is 10.4. The lowest BCUT2D eigenvalue weighted by atomic mass is 10.1. The molecule has 6 rings (SSSR count). The number of ether oxygens (including phenoxy) is 4. The summed E-state index contributed by atoms with van der Waals surface area (Å²) in [4.78, 5) is 13.1. The van der Waals surface area contributed by atoms with Crippen LogP contribution in [0.25, 0.3) is 0 Å². The summed E-state index contributed by atoms with van der Waals surface area (Å²) in [6.45, 7) is 2.88. The molecule has 0 amide bonds. The predicted molar refractivity (Wildman–Crippen MR) is 228 cm³/mol. The largest absolute Gasteiger partial charge is 0.497 e. The van der Waals surface area contributed by atoms with E-state index in [0.717, 1.165) is 67.8 Å². The molecule has 0 radical (unpaired) electrons. The van der Waals surface area contributed by atoms with Gasteiger partial charge in [-0.3, -0.25) is 0 Å². The van der Waals surface area contributed by atoms with Crippen LogP contribution in [0.3, 0.4) is 0 Å². The Balaban J connectivity index is 0.000000211. The Morgan fingerprint density at radius 2 is 0.727 bits per heavy atom. The van der Waals surface area contributed by atoms with Crippen LogP contribution in [0.15, 0.2) is 135 Å². The van der Waals surface area contributed by atoms with Crippen molar-refractivity contribution in [1.82, 2.24) is 9.97 Å². The normalized spacial score (nSPS) is 10.4. The van der Waals surface area contributed by atoms with Gasteiger partial charge in [-0.1, -0.05) is 48.5 Å². The summed E-state index contributed by atoms with van der Waals surface area (Å²) in [5.41, 5.74) is 7.06. The van der Waals surface area contributed by atoms with Crippen LogP contribution in [0, 0.1) is 11.3 Å². The SMILES string of the molecule is COc1ccc(CN(Cc2ccc(OC)cc2)c2cc(Br)nc(Br)c2)cc1.COc1ccc(CN(Cc2ccc(OC)cc2)c2cc(Br)nc(C#N)c2)cc1. The minimum Gasteiger partial charge on any atom is -0.497 e. The fourth-order valence-corrected chi connectivity index (χ4v) is 7.16. The van der Waals surface area contributed by atoms with Gasteiger partial charge < -0.3 is 28.7 Å². The summed E-state index contributed by atoms with van der Waals surface area (Å²) in [7, 11) is 6.67. The third kappa shape index (κ3) is 12.5. The summed E-state index contributed by atoms with van der Waals surface area (Å²) < 4.78 is 23.2. The fourth-order valence-electron chi connectivity index (χ4n) is 5.64. The van der Waals surface area contributed by atoms with Crippen LogP contribution in [0.1, 0.15) is 27.9 Å². The highest BCUT2D eigenvalue weighted by Gasteiger charge is 2.14. The van der Waals surface area contributed by atoms with E-state index in [1.54, 1.807) is 34.5 Å². The lowest BCUT2D eigenvalue weighted by Crippen LogP contribution is -2.22. The number of hydrogen-bond donors (Lipinski definition) is 0. The molecule has 9 nitrogen and oxygen atoms in total. The molecule has 0 spiro atoms. The number of nitrogens with zero attached hydrogens (tertiary/aromatic N) is 5. The summed E-state index contributed by atoms with van der Waals surface area (Å²) in [6, 6.07) is 42.2. The first-order chi connectivity index (χ1) is 26.7. The zero-order valence-corrected chi connectivity index (χ0v) is 35.6. The van der Waals surface area contributed by atoms with E-state index < -0.39 is 0 Å². The van der Waals surface area contributed by atoms with Gasteiger partial charge in [0.05, 0.1) is 28.4 Å². The van der Waals surface area contributed by atoms with Gasteiger partial charge in [0, 0.05) is 37.6 Å². The molecular formula is C43H40Br3N5O4. The quantitative estimate of drug-likeness (QED) is 0.0990. The molecule has 4 aromatic carbocycles. The number of aromatic nitrogens is 2. The number of methoxy groups -OCH3 is 4. The maximum absolute atomic E-state index is 9.28. The minimum atomic E-state index is 0.374. The number of halogens is 3. The molecule has 0 saturated heterocycles. The third-order valence-corrected chi connectivity index (χ3v) is 9.72. The van der Waals surface area contributed by atoms with Crippen molar-refractivity contribution in [3.8, 4) is 29.1 Å². The molecule has 0 aliphatic rings. The van der Waals surface area contributed by atoms with Gasteiger partial charge in [-0.25, -0.2) is 9.97 Å². The lowest BCUT2D eigenvalue weighted by Gasteiger charge is -2.26. The van der Waals surface area contributed by atoms with Gasteiger partial charge in [-0.2, -0.15) is 5.26 Å². The monoisotopic (exact) mass is 927 g/mol. The molecule has 0 unspecified atom stereocenters. The van der Waals surface area contributed by atoms with Crippen LogP contribution in [-0.2, 0) is 26.2 Å². The Hall–Kier alpha value is -5.09. The first kappa shape index (κ1) is 41.1. The Bertz CT molecular complexity index is 2040. The van der Waals surface area contributed by atoms with E-state index in [9.17, 15) is 5.26 Å². The maximum atomic E-state index is 9.28. The van der Waals surface area contributed by atoms with Gasteiger partial charge in [0.1, 0.15) is 48.6 Å². The van der Waals surface area contributed by atoms with Crippen molar-refractivity contribution < 1.29 is 18.9 Å². The van der Waals surface area contributed by atoms with Gasteiger partial charge in [0.25, 0.3) is 0 Å². The standard InChI is InChI=1S/C22H20BrN3O2.C21H20Br2N2O2/c1-27-20-7-3-16(4-8-20)14-26(15-17-5-9-21(28-2)10-6-17)19-11-18(13-24)25-22(23)12-19;1-26-18-7-3-15(4-8-18)13-25(17-11-20(22)24-21(23)12-17)14-16-5-9-19(27-2)10-6-16/h3-12H,14-15H2,1-2H3;3-12H,13-14H2,1-2H3. The first-order valence-electron chi connectivity index (χ1n) is 17.1. The molecule has 2 heterocycles. The van der Waals surface area contributed by atoms with Crippen LogP contribution >= 0.6 is 47.8 Å². The minimum absolute atomic E-state index is 0.374. The second kappa shape index (κ2) is 20.6. The maximum Gasteiger partial charge on any atom is 0.143 e. The molecule has 0 saturated carbocycles. The van der Waals surface area contributed by atoms with Crippen molar-refractivity contribution in [2.24, 2.45) is 0 Å². The Labute approximate surface area is 347 Å². The summed E-state index contributed by atoms with van der Waals surface area (Å²) in [5.74, 6) is 3.36. The van der Waals surface area contributed by atoms with Crippen molar-refractivity contribution in [2.75, 3.05) is 38.2 Å². The zero-order chi connectivity index (χ0) is 39.2. The van der Waals surface area contributed by atoms with Gasteiger partial charge in [-0.05, 0) is 143 Å². The summed E-state index contributed by atoms with van der Waals surface area (Å²) in [5, 5.41) is 9.28. The predicted octanol–water partition coefficient (Wildman–Crippen LogP) is 10.8. The van der Waals surface area contributed by atoms with Gasteiger partial charge in [-0.15, -0.1) is 0 Å². The molecule has 12 heteroatoms. The van der Waals surface area contributed by atoms with Crippen molar-refractivity contribution >= 4 is 59.2 Å². The first-order valence-corrected chi connectivity index (χ1v) is 19.5. The van der Waals surface area contributed by atoms with E-state index in [2.05, 4.69) is 97.9 Å². The van der Waals surface area contributed by atoms with Gasteiger partial charge in [0.15, 0.2) is 0 Å². The topological polar surface area (TPSA) is 93.0 Å². The second-order valence-electron chi connectivity index (χ2n) is 12.2. The summed E-state index contributed by atoms with van der Waals surface area (Å²) in [6.07, 6.45) is 0. The van der Waals surface area contributed by atoms with Crippen LogP contribution < -0.4 is 28.7 Å². The van der Waals surface area contributed by atoms with E-state index in [-0.39, 0.29) is 0 Å². The Morgan fingerprint density at radius 1 is 0.455 bits per heavy atom. The Morgan fingerprint density at radius 3 is 1.00 bits per heavy atom. The van der Waals surface area contributed by atoms with Crippen LogP contribution in [0.2, 0.25) is 0 Å². The molecular weight excluding hydrogens is 890 g/mol. The Kier molecular flexibility index (Phi) is 15.4. The smallest absolute Gasteiger partial charge is 0.143 e. The van der Waals surface area contributed by atoms with Gasteiger partial charge in [0.2, 0.25) is 0 Å². The second-order valence-corrected chi connectivity index (χ2v) is 14.7. The van der Waals surface area contributed by atoms with Gasteiger partial charge >= 0.3 is 0 Å². The van der Waals surface area contributed by atoms with Crippen molar-refractivity contribution in [2.45, 2.75) is 26.2 Å². The highest BCUT2D eigenvalue weighted by molar-refractivity contribution is 9.11. The molecule has 0 N–H and O–H groups in total. The molecule has 0 atom stereocenters. The number of benzene rings is 4. The molecule has 6 aromatic rings. The van der Waals surface area contributed by atoms with E-state index in [0.29, 0.717) is 23.4 Å². The fraction of sp³-hybridized carbons (Fsp3) is 0.186. The average molecular weight is 931 g/mol. The van der Waals surface area contributed by atoms with Crippen molar-refractivity contribution in [3.05, 3.63) is 163 Å². The van der Waals surface area contributed by atoms with E-state index >= 15 is 0 Å². The molecule has 55 heavy (non-hydrogen) atoms. The molecule has 0 aliphatic heterocycles.